The van der Waals surface area contributed by atoms with Crippen molar-refractivity contribution < 1.29 is 4.79 Å². The largest absolute Gasteiger partial charge is 0.385 e. The number of nitrogens with one attached hydrogen (secondary N) is 4. The summed E-state index contributed by atoms with van der Waals surface area (Å²) in [6.07, 6.45) is 2.55. The number of rotatable bonds is 4. The lowest BCUT2D eigenvalue weighted by atomic mass is 10.00. The SMILES string of the molecule is CNC(=O)Nc1ccc(NCC2CCCNC2)cc1. The zero-order valence-corrected chi connectivity index (χ0v) is 11.3. The summed E-state index contributed by atoms with van der Waals surface area (Å²) in [6.45, 7) is 3.24. The second kappa shape index (κ2) is 6.99. The van der Waals surface area contributed by atoms with Crippen LogP contribution in [0.4, 0.5) is 16.2 Å². The zero-order valence-electron chi connectivity index (χ0n) is 11.3. The van der Waals surface area contributed by atoms with Gasteiger partial charge in [-0.25, -0.2) is 4.79 Å². The predicted molar refractivity (Wildman–Crippen MR) is 78.6 cm³/mol. The first-order valence-electron chi connectivity index (χ1n) is 6.81. The van der Waals surface area contributed by atoms with E-state index in [9.17, 15) is 4.79 Å². The number of urea groups is 1. The van der Waals surface area contributed by atoms with Crippen molar-refractivity contribution in [1.82, 2.24) is 10.6 Å². The van der Waals surface area contributed by atoms with E-state index in [1.165, 1.54) is 12.8 Å². The van der Waals surface area contributed by atoms with E-state index in [-0.39, 0.29) is 6.03 Å². The van der Waals surface area contributed by atoms with E-state index < -0.39 is 0 Å². The summed E-state index contributed by atoms with van der Waals surface area (Å²) < 4.78 is 0. The molecule has 5 heteroatoms. The molecule has 1 aliphatic rings. The van der Waals surface area contributed by atoms with E-state index >= 15 is 0 Å². The number of benzene rings is 1. The Morgan fingerprint density at radius 1 is 1.32 bits per heavy atom. The van der Waals surface area contributed by atoms with Crippen LogP contribution in [0.3, 0.4) is 0 Å². The van der Waals surface area contributed by atoms with Crippen molar-refractivity contribution in [1.29, 1.82) is 0 Å². The number of hydrogen-bond donors (Lipinski definition) is 4. The highest BCUT2D eigenvalue weighted by atomic mass is 16.2. The molecular weight excluding hydrogens is 240 g/mol. The van der Waals surface area contributed by atoms with Crippen LogP contribution in [0.15, 0.2) is 24.3 Å². The van der Waals surface area contributed by atoms with Crippen LogP contribution in [0.1, 0.15) is 12.8 Å². The molecule has 104 valence electrons. The van der Waals surface area contributed by atoms with Crippen molar-refractivity contribution in [2.24, 2.45) is 5.92 Å². The van der Waals surface area contributed by atoms with Crippen LogP contribution in [0, 0.1) is 5.92 Å². The highest BCUT2D eigenvalue weighted by molar-refractivity contribution is 5.89. The van der Waals surface area contributed by atoms with Gasteiger partial charge in [0, 0.05) is 25.0 Å². The van der Waals surface area contributed by atoms with E-state index in [1.807, 2.05) is 24.3 Å². The van der Waals surface area contributed by atoms with E-state index in [4.69, 9.17) is 0 Å². The van der Waals surface area contributed by atoms with Gasteiger partial charge in [-0.1, -0.05) is 0 Å². The van der Waals surface area contributed by atoms with Crippen molar-refractivity contribution in [3.05, 3.63) is 24.3 Å². The average molecular weight is 262 g/mol. The smallest absolute Gasteiger partial charge is 0.318 e. The summed E-state index contributed by atoms with van der Waals surface area (Å²) in [4.78, 5) is 11.2. The van der Waals surface area contributed by atoms with Crippen LogP contribution in [0.25, 0.3) is 0 Å². The van der Waals surface area contributed by atoms with Gasteiger partial charge in [0.1, 0.15) is 0 Å². The maximum atomic E-state index is 11.2. The Labute approximate surface area is 114 Å². The average Bonchev–Trinajstić information content (AvgIpc) is 2.47. The van der Waals surface area contributed by atoms with Gasteiger partial charge in [0.2, 0.25) is 0 Å². The van der Waals surface area contributed by atoms with Gasteiger partial charge in [-0.2, -0.15) is 0 Å². The minimum absolute atomic E-state index is 0.200. The van der Waals surface area contributed by atoms with E-state index in [0.717, 1.165) is 31.0 Å². The zero-order chi connectivity index (χ0) is 13.5. The van der Waals surface area contributed by atoms with Crippen LogP contribution < -0.4 is 21.3 Å². The van der Waals surface area contributed by atoms with Gasteiger partial charge in [-0.15, -0.1) is 0 Å². The Bertz CT molecular complexity index is 398. The van der Waals surface area contributed by atoms with Crippen LogP contribution in [-0.4, -0.2) is 32.7 Å². The first-order chi connectivity index (χ1) is 9.28. The molecule has 1 fully saturated rings. The molecule has 0 spiro atoms. The molecule has 0 aliphatic carbocycles. The number of hydrogen-bond acceptors (Lipinski definition) is 3. The van der Waals surface area contributed by atoms with Crippen LogP contribution >= 0.6 is 0 Å². The van der Waals surface area contributed by atoms with Crippen molar-refractivity contribution in [3.63, 3.8) is 0 Å². The van der Waals surface area contributed by atoms with Gasteiger partial charge in [0.15, 0.2) is 0 Å². The summed E-state index contributed by atoms with van der Waals surface area (Å²) >= 11 is 0. The predicted octanol–water partition coefficient (Wildman–Crippen LogP) is 1.85. The maximum absolute atomic E-state index is 11.2. The lowest BCUT2D eigenvalue weighted by Crippen LogP contribution is -2.33. The molecule has 2 amide bonds. The number of piperidine rings is 1. The van der Waals surface area contributed by atoms with Crippen LogP contribution in [0.5, 0.6) is 0 Å². The summed E-state index contributed by atoms with van der Waals surface area (Å²) in [5.74, 6) is 0.706. The van der Waals surface area contributed by atoms with Crippen LogP contribution in [0.2, 0.25) is 0 Å². The molecule has 1 saturated heterocycles. The molecule has 1 atom stereocenters. The van der Waals surface area contributed by atoms with Gasteiger partial charge in [-0.3, -0.25) is 0 Å². The monoisotopic (exact) mass is 262 g/mol. The molecular formula is C14H22N4O. The molecule has 1 aromatic carbocycles. The van der Waals surface area contributed by atoms with E-state index in [0.29, 0.717) is 5.92 Å². The minimum Gasteiger partial charge on any atom is -0.385 e. The highest BCUT2D eigenvalue weighted by Gasteiger charge is 2.12. The molecule has 1 heterocycles. The third-order valence-corrected chi connectivity index (χ3v) is 3.36. The number of carbonyl (C=O) groups is 1. The first-order valence-corrected chi connectivity index (χ1v) is 6.81. The van der Waals surface area contributed by atoms with Crippen molar-refractivity contribution in [2.75, 3.05) is 37.3 Å². The molecule has 4 N–H and O–H groups in total. The fourth-order valence-electron chi connectivity index (χ4n) is 2.23. The molecule has 0 saturated carbocycles. The molecule has 1 aromatic rings. The third-order valence-electron chi connectivity index (χ3n) is 3.36. The van der Waals surface area contributed by atoms with Crippen LogP contribution in [-0.2, 0) is 0 Å². The number of amides is 2. The molecule has 2 rings (SSSR count). The molecule has 1 unspecified atom stereocenters. The molecule has 1 aliphatic heterocycles. The Balaban J connectivity index is 1.79. The minimum atomic E-state index is -0.200. The lowest BCUT2D eigenvalue weighted by Gasteiger charge is -2.23. The molecule has 0 bridgehead atoms. The standard InChI is InChI=1S/C14H22N4O/c1-15-14(19)18-13-6-4-12(5-7-13)17-10-11-3-2-8-16-9-11/h4-7,11,16-17H,2-3,8-10H2,1H3,(H2,15,18,19). The van der Waals surface area contributed by atoms with Gasteiger partial charge < -0.3 is 21.3 Å². The lowest BCUT2D eigenvalue weighted by molar-refractivity contribution is 0.254. The fraction of sp³-hybridized carbons (Fsp3) is 0.500. The van der Waals surface area contributed by atoms with E-state index in [1.54, 1.807) is 7.05 Å². The molecule has 5 nitrogen and oxygen atoms in total. The second-order valence-corrected chi connectivity index (χ2v) is 4.87. The van der Waals surface area contributed by atoms with Crippen molar-refractivity contribution in [2.45, 2.75) is 12.8 Å². The van der Waals surface area contributed by atoms with Crippen molar-refractivity contribution in [3.8, 4) is 0 Å². The Morgan fingerprint density at radius 3 is 2.68 bits per heavy atom. The Hall–Kier alpha value is -1.75. The summed E-state index contributed by atoms with van der Waals surface area (Å²) in [5, 5.41) is 12.1. The molecule has 19 heavy (non-hydrogen) atoms. The quantitative estimate of drug-likeness (QED) is 0.669. The second-order valence-electron chi connectivity index (χ2n) is 4.87. The highest BCUT2D eigenvalue weighted by Crippen LogP contribution is 2.15. The Morgan fingerprint density at radius 2 is 2.05 bits per heavy atom. The van der Waals surface area contributed by atoms with Gasteiger partial charge in [0.25, 0.3) is 0 Å². The third kappa shape index (κ3) is 4.44. The van der Waals surface area contributed by atoms with Crippen molar-refractivity contribution >= 4 is 17.4 Å². The Kier molecular flexibility index (Phi) is 5.03. The topological polar surface area (TPSA) is 65.2 Å². The van der Waals surface area contributed by atoms with Gasteiger partial charge in [-0.05, 0) is 56.1 Å². The van der Waals surface area contributed by atoms with Gasteiger partial charge in [0.05, 0.1) is 0 Å². The number of anilines is 2. The number of carbonyl (C=O) groups excluding carboxylic acids is 1. The normalized spacial score (nSPS) is 18.7. The maximum Gasteiger partial charge on any atom is 0.318 e. The molecule has 0 radical (unpaired) electrons. The van der Waals surface area contributed by atoms with Gasteiger partial charge >= 0.3 is 6.03 Å². The summed E-state index contributed by atoms with van der Waals surface area (Å²) in [7, 11) is 1.60. The summed E-state index contributed by atoms with van der Waals surface area (Å²) in [6, 6.07) is 7.57. The first kappa shape index (κ1) is 13.7. The fourth-order valence-corrected chi connectivity index (χ4v) is 2.23. The summed E-state index contributed by atoms with van der Waals surface area (Å²) in [5.41, 5.74) is 1.89. The molecule has 0 aromatic heterocycles. The van der Waals surface area contributed by atoms with E-state index in [2.05, 4.69) is 21.3 Å².